The number of hydrogen-bond donors (Lipinski definition) is 1. The second kappa shape index (κ2) is 6.12. The van der Waals surface area contributed by atoms with E-state index in [1.165, 1.54) is 18.4 Å². The summed E-state index contributed by atoms with van der Waals surface area (Å²) in [6.45, 7) is 4.95. The van der Waals surface area contributed by atoms with Crippen LogP contribution in [0, 0.1) is 5.92 Å². The molecule has 0 saturated carbocycles. The van der Waals surface area contributed by atoms with Crippen LogP contribution in [0.3, 0.4) is 0 Å². The van der Waals surface area contributed by atoms with Gasteiger partial charge < -0.3 is 10.6 Å². The topological polar surface area (TPSA) is 54.5 Å². The van der Waals surface area contributed by atoms with E-state index in [0.717, 1.165) is 29.9 Å². The maximum Gasteiger partial charge on any atom is 0.191 e. The molecule has 3 rings (SSSR count). The molecule has 1 saturated heterocycles. The van der Waals surface area contributed by atoms with Crippen molar-refractivity contribution in [3.8, 4) is 0 Å². The lowest BCUT2D eigenvalue weighted by Crippen LogP contribution is -2.42. The van der Waals surface area contributed by atoms with Crippen LogP contribution in [-0.2, 0) is 6.54 Å². The van der Waals surface area contributed by atoms with E-state index in [1.54, 1.807) is 0 Å². The molecule has 0 amide bonds. The van der Waals surface area contributed by atoms with Crippen molar-refractivity contribution in [3.05, 3.63) is 42.1 Å². The lowest BCUT2D eigenvalue weighted by atomic mass is 10.00. The first kappa shape index (κ1) is 13.9. The van der Waals surface area contributed by atoms with Gasteiger partial charge in [0, 0.05) is 24.7 Å². The Morgan fingerprint density at radius 2 is 2.05 bits per heavy atom. The molecule has 0 unspecified atom stereocenters. The minimum Gasteiger partial charge on any atom is -0.370 e. The molecular weight excluding hydrogens is 260 g/mol. The number of nitrogens with two attached hydrogens (primary N) is 1. The monoisotopic (exact) mass is 282 g/mol. The normalized spacial score (nSPS) is 17.4. The third-order valence-corrected chi connectivity index (χ3v) is 4.26. The molecule has 0 radical (unpaired) electrons. The molecule has 2 heterocycles. The molecule has 1 fully saturated rings. The van der Waals surface area contributed by atoms with Crippen LogP contribution in [0.4, 0.5) is 0 Å². The number of rotatable bonds is 2. The average Bonchev–Trinajstić information content (AvgIpc) is 2.53. The lowest BCUT2D eigenvalue weighted by molar-refractivity contribution is 0.277. The number of nitrogens with zero attached hydrogens (tertiary/aromatic N) is 3. The maximum atomic E-state index is 6.15. The molecular formula is C17H22N4. The van der Waals surface area contributed by atoms with Gasteiger partial charge in [-0.2, -0.15) is 0 Å². The van der Waals surface area contributed by atoms with Crippen LogP contribution in [0.25, 0.3) is 10.9 Å². The molecule has 2 aromatic rings. The molecule has 1 aromatic heterocycles. The minimum atomic E-state index is 0.612. The van der Waals surface area contributed by atoms with Gasteiger partial charge in [-0.15, -0.1) is 0 Å². The summed E-state index contributed by atoms with van der Waals surface area (Å²) in [5.74, 6) is 1.47. The zero-order valence-electron chi connectivity index (χ0n) is 12.5. The van der Waals surface area contributed by atoms with E-state index in [-0.39, 0.29) is 0 Å². The molecule has 4 nitrogen and oxygen atoms in total. The van der Waals surface area contributed by atoms with Crippen molar-refractivity contribution in [3.63, 3.8) is 0 Å². The first-order chi connectivity index (χ1) is 10.2. The van der Waals surface area contributed by atoms with Crippen molar-refractivity contribution in [1.29, 1.82) is 0 Å². The fraction of sp³-hybridized carbons (Fsp3) is 0.412. The Bertz CT molecular complexity index is 637. The first-order valence-corrected chi connectivity index (χ1v) is 7.61. The van der Waals surface area contributed by atoms with Crippen LogP contribution in [0.1, 0.15) is 25.3 Å². The molecule has 0 aliphatic carbocycles. The lowest BCUT2D eigenvalue weighted by Gasteiger charge is -2.31. The Morgan fingerprint density at radius 1 is 1.29 bits per heavy atom. The van der Waals surface area contributed by atoms with Gasteiger partial charge in [0.1, 0.15) is 0 Å². The van der Waals surface area contributed by atoms with Gasteiger partial charge in [-0.05, 0) is 36.5 Å². The molecule has 0 atom stereocenters. The van der Waals surface area contributed by atoms with Gasteiger partial charge in [-0.3, -0.25) is 4.98 Å². The molecule has 4 heteroatoms. The van der Waals surface area contributed by atoms with Crippen LogP contribution in [0.5, 0.6) is 0 Å². The molecule has 1 aliphatic rings. The third-order valence-electron chi connectivity index (χ3n) is 4.26. The zero-order chi connectivity index (χ0) is 14.7. The van der Waals surface area contributed by atoms with E-state index < -0.39 is 0 Å². The number of aromatic nitrogens is 1. The molecule has 0 spiro atoms. The number of hydrogen-bond acceptors (Lipinski definition) is 2. The highest BCUT2D eigenvalue weighted by Crippen LogP contribution is 2.18. The molecule has 0 bridgehead atoms. The Labute approximate surface area is 125 Å². The number of piperidine rings is 1. The van der Waals surface area contributed by atoms with Gasteiger partial charge in [0.2, 0.25) is 0 Å². The predicted octanol–water partition coefficient (Wildman–Crippen LogP) is 2.78. The summed E-state index contributed by atoms with van der Waals surface area (Å²) in [6.07, 6.45) is 4.24. The molecule has 110 valence electrons. The van der Waals surface area contributed by atoms with Crippen molar-refractivity contribution < 1.29 is 0 Å². The fourth-order valence-corrected chi connectivity index (χ4v) is 2.80. The van der Waals surface area contributed by atoms with Crippen LogP contribution in [0.2, 0.25) is 0 Å². The summed E-state index contributed by atoms with van der Waals surface area (Å²) in [5.41, 5.74) is 8.33. The summed E-state index contributed by atoms with van der Waals surface area (Å²) in [6, 6.07) is 10.2. The Balaban J connectivity index is 1.75. The first-order valence-electron chi connectivity index (χ1n) is 7.61. The maximum absolute atomic E-state index is 6.15. The Kier molecular flexibility index (Phi) is 4.04. The highest BCUT2D eigenvalue weighted by atomic mass is 15.3. The van der Waals surface area contributed by atoms with Gasteiger partial charge in [0.05, 0.1) is 12.1 Å². The third kappa shape index (κ3) is 3.15. The number of benzene rings is 1. The standard InChI is InChI=1S/C17H22N4/c1-13-7-10-21(11-8-13)17(18)20-12-14-6-9-19-16-5-3-2-4-15(14)16/h2-6,9,13H,7-8,10-12H2,1H3,(H2,18,20). The van der Waals surface area contributed by atoms with Crippen molar-refractivity contribution in [2.24, 2.45) is 16.6 Å². The van der Waals surface area contributed by atoms with Gasteiger partial charge in [-0.1, -0.05) is 25.1 Å². The van der Waals surface area contributed by atoms with Crippen LogP contribution >= 0.6 is 0 Å². The minimum absolute atomic E-state index is 0.612. The second-order valence-corrected chi connectivity index (χ2v) is 5.83. The number of fused-ring (bicyclic) bond motifs is 1. The van der Waals surface area contributed by atoms with E-state index in [1.807, 2.05) is 30.5 Å². The molecule has 1 aliphatic heterocycles. The van der Waals surface area contributed by atoms with Crippen LogP contribution in [0.15, 0.2) is 41.5 Å². The Hall–Kier alpha value is -2.10. The van der Waals surface area contributed by atoms with Crippen molar-refractivity contribution in [1.82, 2.24) is 9.88 Å². The van der Waals surface area contributed by atoms with Crippen molar-refractivity contribution in [2.75, 3.05) is 13.1 Å². The van der Waals surface area contributed by atoms with E-state index >= 15 is 0 Å². The highest BCUT2D eigenvalue weighted by Gasteiger charge is 2.16. The van der Waals surface area contributed by atoms with Crippen molar-refractivity contribution in [2.45, 2.75) is 26.3 Å². The van der Waals surface area contributed by atoms with Gasteiger partial charge in [0.25, 0.3) is 0 Å². The molecule has 21 heavy (non-hydrogen) atoms. The fourth-order valence-electron chi connectivity index (χ4n) is 2.80. The summed E-state index contributed by atoms with van der Waals surface area (Å²) in [5, 5.41) is 1.16. The predicted molar refractivity (Wildman–Crippen MR) is 87.0 cm³/mol. The van der Waals surface area contributed by atoms with E-state index in [9.17, 15) is 0 Å². The largest absolute Gasteiger partial charge is 0.370 e. The number of pyridine rings is 1. The van der Waals surface area contributed by atoms with Crippen molar-refractivity contribution >= 4 is 16.9 Å². The smallest absolute Gasteiger partial charge is 0.191 e. The quantitative estimate of drug-likeness (QED) is 0.680. The molecule has 2 N–H and O–H groups in total. The van der Waals surface area contributed by atoms with E-state index in [0.29, 0.717) is 12.5 Å². The SMILES string of the molecule is CC1CCN(C(N)=NCc2ccnc3ccccc23)CC1. The van der Waals surface area contributed by atoms with Gasteiger partial charge in [0.15, 0.2) is 5.96 Å². The number of aliphatic imine (C=N–C) groups is 1. The van der Waals surface area contributed by atoms with E-state index in [4.69, 9.17) is 5.73 Å². The number of likely N-dealkylation sites (tertiary alicyclic amines) is 1. The summed E-state index contributed by atoms with van der Waals surface area (Å²) < 4.78 is 0. The zero-order valence-corrected chi connectivity index (χ0v) is 12.5. The summed E-state index contributed by atoms with van der Waals surface area (Å²) in [7, 11) is 0. The van der Waals surface area contributed by atoms with Crippen LogP contribution in [-0.4, -0.2) is 28.9 Å². The van der Waals surface area contributed by atoms with Gasteiger partial charge >= 0.3 is 0 Å². The molecule has 1 aromatic carbocycles. The van der Waals surface area contributed by atoms with Gasteiger partial charge in [-0.25, -0.2) is 4.99 Å². The summed E-state index contributed by atoms with van der Waals surface area (Å²) >= 11 is 0. The summed E-state index contributed by atoms with van der Waals surface area (Å²) in [4.78, 5) is 11.2. The van der Waals surface area contributed by atoms with E-state index in [2.05, 4.69) is 27.9 Å². The second-order valence-electron chi connectivity index (χ2n) is 5.83. The number of para-hydroxylation sites is 1. The Morgan fingerprint density at radius 3 is 2.86 bits per heavy atom. The van der Waals surface area contributed by atoms with Crippen LogP contribution < -0.4 is 5.73 Å². The number of guanidine groups is 1. The highest BCUT2D eigenvalue weighted by molar-refractivity contribution is 5.82. The average molecular weight is 282 g/mol.